The number of nitrogens with zero attached hydrogens (tertiary/aromatic N) is 1. The molecule has 0 spiro atoms. The Balaban J connectivity index is 0.00000264. The molecule has 3 N–H and O–H groups in total. The third-order valence-corrected chi connectivity index (χ3v) is 15.2. The number of aliphatic hydroxyl groups excluding tert-OH is 2. The summed E-state index contributed by atoms with van der Waals surface area (Å²) in [4.78, 5) is 34.3. The number of fused-ring (bicyclic) bond motifs is 9. The average Bonchev–Trinajstić information content (AvgIpc) is 3.84. The number of nitrogens with one attached hydrogen (secondary N) is 1. The van der Waals surface area contributed by atoms with Gasteiger partial charge in [-0.1, -0.05) is 110 Å². The summed E-state index contributed by atoms with van der Waals surface area (Å²) in [5, 5.41) is 18.9. The maximum absolute atomic E-state index is 14.0. The number of oxazole rings is 1. The van der Waals surface area contributed by atoms with Gasteiger partial charge < -0.3 is 47.8 Å². The second-order valence-corrected chi connectivity index (χ2v) is 23.3. The SMILES string of the molecule is [2H]B(P)S.[3H][B]SO[C@H](/C=C(C)/C=C/[C@H](C)C/C=C/Br)[C@H]1C[C@@H](C)C[C@@](C)(CC(=O)N[C@H](/C=C(\C)[C@@H]2O[C@@H]3C/C=C/c4nc(co4)[C@H]4C[C@H](O[3H])C[C@@H](C[C@H]5CC(=C)C[C@H](C/C=C\C(=O)O[C@H]([C@H]2C)[C@H]3CC)O5)O4)CO)O1. The Morgan fingerprint density at radius 3 is 2.69 bits per heavy atom. The number of hydrogen-bond donors (Lipinski definition) is 4. The highest BCUT2D eigenvalue weighted by Crippen LogP contribution is 2.41. The molecule has 5 aliphatic rings. The molecule has 0 aliphatic carbocycles. The smallest absolute Gasteiger partial charge is 0.330 e. The minimum Gasteiger partial charge on any atom is -0.458 e. The molecule has 8 bridgehead atoms. The zero-order valence-electron chi connectivity index (χ0n) is 47.4. The first-order valence-electron chi connectivity index (χ1n) is 27.8. The van der Waals surface area contributed by atoms with Gasteiger partial charge in [0, 0.05) is 30.8 Å². The molecule has 1 unspecified atom stereocenters. The number of thiol groups is 1. The van der Waals surface area contributed by atoms with Gasteiger partial charge >= 0.3 is 5.97 Å². The molecule has 4 fully saturated rings. The summed E-state index contributed by atoms with van der Waals surface area (Å²) >= 11 is 7.89. The zero-order valence-corrected chi connectivity index (χ0v) is 48.8. The third kappa shape index (κ3) is 19.6. The van der Waals surface area contributed by atoms with Crippen molar-refractivity contribution in [2.75, 3.05) is 6.61 Å². The van der Waals surface area contributed by atoms with Crippen LogP contribution in [0.15, 0.2) is 87.6 Å². The van der Waals surface area contributed by atoms with Gasteiger partial charge in [-0.25, -0.2) is 22.3 Å². The van der Waals surface area contributed by atoms with Crippen LogP contribution in [0.3, 0.4) is 0 Å². The lowest BCUT2D eigenvalue weighted by Crippen LogP contribution is -2.52. The Morgan fingerprint density at radius 2 is 1.96 bits per heavy atom. The molecule has 4 saturated heterocycles. The number of allylic oxidation sites excluding steroid dienone is 4. The van der Waals surface area contributed by atoms with Crippen molar-refractivity contribution in [3.63, 3.8) is 0 Å². The van der Waals surface area contributed by atoms with Gasteiger partial charge in [0.15, 0.2) is 0 Å². The fraction of sp³-hybridized carbons (Fsp3) is 0.655. The normalized spacial score (nSPS) is 35.0. The van der Waals surface area contributed by atoms with E-state index >= 15 is 0 Å². The van der Waals surface area contributed by atoms with Gasteiger partial charge in [0.2, 0.25) is 26.6 Å². The fourth-order valence-corrected chi connectivity index (χ4v) is 11.8. The maximum atomic E-state index is 14.0. The van der Waals surface area contributed by atoms with E-state index in [2.05, 4.69) is 88.4 Å². The van der Waals surface area contributed by atoms with Crippen molar-refractivity contribution < 1.29 is 52.1 Å². The predicted octanol–water partition coefficient (Wildman–Crippen LogP) is 10.2. The van der Waals surface area contributed by atoms with Crippen LogP contribution in [-0.2, 0) is 37.5 Å². The molecule has 1 aromatic rings. The van der Waals surface area contributed by atoms with Gasteiger partial charge in [0.1, 0.15) is 30.3 Å². The Labute approximate surface area is 467 Å². The monoisotopic (exact) mass is 1150 g/mol. The van der Waals surface area contributed by atoms with E-state index in [9.17, 15) is 14.7 Å². The standard InChI is InChI=1S/C55H79BBrN2O11S.BH4PS/c1-9-44-46-15-11-16-51-59-45(32-64-51)47-27-40(61)26-43(66-47)28-42-22-35(4)21-41(65-42)14-10-17-52(63)68-54(44)38(7)53(67-46)37(6)25-39(31-60)58-50(62)30-55(8)29-36(5)24-48(69-55)49(70-71-56)23-34(3)19-18-33(2)13-12-20-57;2-1-3/h10-12,16-20,23,25,32-33,36,38-44,46-49,53-54,56,60-61H,4,9,13-15,21-22,24,26-31H2,1-3,5-8H3,(H,58,62);1,3H,2H2/b16-11+,17-10-,19-18+,20-12+,34-23+,37-25+;/t33-,36-,38+,39-,40-,41+,42-,43+,44+,46-,47-,48-,49-,53+,54-,55+;/m1./s1/i56T,61T;1D. The van der Waals surface area contributed by atoms with Crippen molar-refractivity contribution in [3.8, 4) is 0 Å². The lowest BCUT2D eigenvalue weighted by Gasteiger charge is -2.46. The van der Waals surface area contributed by atoms with Crippen LogP contribution in [0.1, 0.15) is 143 Å². The van der Waals surface area contributed by atoms with Gasteiger partial charge in [-0.15, -0.1) is 0 Å². The lowest BCUT2D eigenvalue weighted by molar-refractivity contribution is -0.183. The summed E-state index contributed by atoms with van der Waals surface area (Å²) < 4.78 is 67.0. The van der Waals surface area contributed by atoms with Crippen molar-refractivity contribution in [1.82, 2.24) is 10.3 Å². The molecule has 17 atom stereocenters. The number of carbonyl (C=O) groups is 2. The number of carbonyl (C=O) groups excluding carboxylic acids is 2. The van der Waals surface area contributed by atoms with E-state index in [1.54, 1.807) is 6.26 Å². The summed E-state index contributed by atoms with van der Waals surface area (Å²) in [6.07, 6.45) is 22.0. The van der Waals surface area contributed by atoms with Crippen LogP contribution < -0.4 is 5.32 Å². The van der Waals surface area contributed by atoms with Crippen molar-refractivity contribution in [3.05, 3.63) is 94.7 Å². The van der Waals surface area contributed by atoms with E-state index in [0.29, 0.717) is 75.3 Å². The molecule has 0 saturated carbocycles. The average molecular weight is 1150 g/mol. The molecule has 13 nitrogen and oxygen atoms in total. The van der Waals surface area contributed by atoms with Gasteiger partial charge in [-0.05, 0) is 116 Å². The number of esters is 1. The van der Waals surface area contributed by atoms with Gasteiger partial charge in [-0.3, -0.25) is 4.79 Å². The number of aromatic nitrogens is 1. The van der Waals surface area contributed by atoms with Gasteiger partial charge in [-0.2, -0.15) is 9.12 Å². The van der Waals surface area contributed by atoms with E-state index < -0.39 is 42.0 Å². The topological polar surface area (TPSA) is 168 Å². The quantitative estimate of drug-likeness (QED) is 0.0222. The number of halogens is 1. The van der Waals surface area contributed by atoms with E-state index in [4.69, 9.17) is 46.5 Å². The summed E-state index contributed by atoms with van der Waals surface area (Å²) in [6.45, 7) is 18.2. The van der Waals surface area contributed by atoms with Crippen LogP contribution in [0, 0.1) is 23.7 Å². The van der Waals surface area contributed by atoms with Crippen molar-refractivity contribution in [1.29, 1.82) is 4.10 Å². The Hall–Kier alpha value is -2.21. The zero-order chi connectivity index (χ0) is 56.2. The minimum absolute atomic E-state index is 0.0554. The molecule has 6 heterocycles. The molecule has 1 aromatic heterocycles. The van der Waals surface area contributed by atoms with Gasteiger partial charge in [0.05, 0.1) is 67.4 Å². The third-order valence-electron chi connectivity index (χ3n) is 14.5. The van der Waals surface area contributed by atoms with Crippen LogP contribution in [-0.4, -0.2) is 118 Å². The van der Waals surface area contributed by atoms with E-state index in [-0.39, 0.29) is 79.6 Å². The first kappa shape index (κ1) is 58.0. The lowest BCUT2D eigenvalue weighted by atomic mass is 9.77. The number of ether oxygens (including phenoxy) is 5. The van der Waals surface area contributed by atoms with Crippen LogP contribution in [0.25, 0.3) is 6.08 Å². The summed E-state index contributed by atoms with van der Waals surface area (Å²) in [5.41, 5.74) is 2.67. The van der Waals surface area contributed by atoms with E-state index in [0.717, 1.165) is 48.5 Å². The van der Waals surface area contributed by atoms with Gasteiger partial charge in [0.25, 0.3) is 0 Å². The Morgan fingerprint density at radius 1 is 1.19 bits per heavy atom. The summed E-state index contributed by atoms with van der Waals surface area (Å²) in [6, 6.07) is -0.737. The molecule has 0 aromatic carbocycles. The van der Waals surface area contributed by atoms with Crippen molar-refractivity contribution in [2.24, 2.45) is 23.7 Å². The molecular weight excluding hydrogens is 1060 g/mol. The van der Waals surface area contributed by atoms with Crippen molar-refractivity contribution in [2.45, 2.75) is 198 Å². The van der Waals surface area contributed by atoms with Crippen LogP contribution >= 0.6 is 49.4 Å². The second kappa shape index (κ2) is 31.4. The molecule has 19 heteroatoms. The maximum Gasteiger partial charge on any atom is 0.330 e. The molecular formula is C55H83B2BrN2O11PS2. The highest BCUT2D eigenvalue weighted by Gasteiger charge is 2.46. The highest BCUT2D eigenvalue weighted by molar-refractivity contribution is 9.11. The second-order valence-electron chi connectivity index (χ2n) is 21.2. The number of hydrogen-bond acceptors (Lipinski definition) is 14. The summed E-state index contributed by atoms with van der Waals surface area (Å²) in [7, 11) is 3.34. The van der Waals surface area contributed by atoms with Crippen LogP contribution in [0.5, 0.6) is 0 Å². The Kier molecular flexibility index (Phi) is 24.6. The van der Waals surface area contributed by atoms with Crippen LogP contribution in [0.4, 0.5) is 0 Å². The molecule has 1 radical (unpaired) electrons. The number of rotatable bonds is 17. The number of amides is 1. The minimum atomic E-state index is -0.826. The predicted molar refractivity (Wildman–Crippen MR) is 309 cm³/mol. The largest absolute Gasteiger partial charge is 0.458 e. The first-order valence-corrected chi connectivity index (χ1v) is 29.2. The molecule has 5 aliphatic heterocycles. The fourth-order valence-electron chi connectivity index (χ4n) is 11.3. The highest BCUT2D eigenvalue weighted by atomic mass is 79.9. The van der Waals surface area contributed by atoms with Crippen LogP contribution in [0.2, 0.25) is 0 Å². The Bertz CT molecular complexity index is 2230. The molecule has 6 rings (SSSR count). The molecule has 409 valence electrons. The summed E-state index contributed by atoms with van der Waals surface area (Å²) in [5.74, 6) is -0.203. The van der Waals surface area contributed by atoms with Crippen molar-refractivity contribution >= 4 is 80.7 Å². The number of aliphatic hydroxyl groups is 2. The first-order chi connectivity index (χ1) is 36.7. The molecule has 74 heavy (non-hydrogen) atoms. The molecule has 1 amide bonds. The van der Waals surface area contributed by atoms with E-state index in [1.165, 1.54) is 6.08 Å². The van der Waals surface area contributed by atoms with E-state index in [1.807, 2.05) is 63.1 Å².